The first-order chi connectivity index (χ1) is 14.8. The zero-order valence-corrected chi connectivity index (χ0v) is 16.8. The molecule has 0 radical (unpaired) electrons. The van der Waals surface area contributed by atoms with Crippen molar-refractivity contribution >= 4 is 15.7 Å². The largest absolute Gasteiger partial charge is 0.439 e. The average Bonchev–Trinajstić information content (AvgIpc) is 3.23. The van der Waals surface area contributed by atoms with Crippen molar-refractivity contribution in [3.05, 3.63) is 84.4 Å². The summed E-state index contributed by atoms with van der Waals surface area (Å²) in [6, 6.07) is 11.9. The molecular weight excluding hydrogens is 428 g/mol. The van der Waals surface area contributed by atoms with Crippen LogP contribution in [0.4, 0.5) is 14.5 Å². The number of anilines is 1. The summed E-state index contributed by atoms with van der Waals surface area (Å²) >= 11 is 0. The maximum Gasteiger partial charge on any atom is 0.267 e. The summed E-state index contributed by atoms with van der Waals surface area (Å²) in [6.07, 6.45) is 3.34. The fourth-order valence-electron chi connectivity index (χ4n) is 2.76. The van der Waals surface area contributed by atoms with E-state index in [1.165, 1.54) is 24.3 Å². The Bertz CT molecular complexity index is 1310. The molecule has 0 fully saturated rings. The second-order valence-electron chi connectivity index (χ2n) is 6.34. The molecule has 0 aliphatic carbocycles. The first-order valence-corrected chi connectivity index (χ1v) is 10.4. The van der Waals surface area contributed by atoms with Gasteiger partial charge in [-0.05, 0) is 49.4 Å². The standard InChI is InChI=1S/C20H15F2N5O3S/c1-13-24-18(27-11-3-10-23-27)12-19(25-13)30-15-8-6-14(7-9-15)26-31(28,29)20-16(21)4-2-5-17(20)22/h2-12,26H,1H3. The van der Waals surface area contributed by atoms with Crippen molar-refractivity contribution in [2.45, 2.75) is 11.8 Å². The van der Waals surface area contributed by atoms with E-state index in [-0.39, 0.29) is 11.6 Å². The lowest BCUT2D eigenvalue weighted by molar-refractivity contribution is 0.459. The summed E-state index contributed by atoms with van der Waals surface area (Å²) in [6.45, 7) is 1.71. The Morgan fingerprint density at radius 1 is 1.00 bits per heavy atom. The number of ether oxygens (including phenoxy) is 1. The third-order valence-corrected chi connectivity index (χ3v) is 5.49. The van der Waals surface area contributed by atoms with E-state index in [2.05, 4.69) is 19.8 Å². The van der Waals surface area contributed by atoms with Crippen LogP contribution in [0.5, 0.6) is 11.6 Å². The molecular formula is C20H15F2N5O3S. The molecule has 0 amide bonds. The van der Waals surface area contributed by atoms with Crippen LogP contribution in [0.15, 0.2) is 71.9 Å². The molecule has 0 spiro atoms. The molecule has 11 heteroatoms. The number of hydrogen-bond donors (Lipinski definition) is 1. The topological polar surface area (TPSA) is 99.0 Å². The summed E-state index contributed by atoms with van der Waals surface area (Å²) < 4.78 is 61.8. The fraction of sp³-hybridized carbons (Fsp3) is 0.0500. The highest BCUT2D eigenvalue weighted by Gasteiger charge is 2.23. The van der Waals surface area contributed by atoms with Crippen LogP contribution in [0.2, 0.25) is 0 Å². The number of aromatic nitrogens is 4. The van der Waals surface area contributed by atoms with E-state index in [9.17, 15) is 17.2 Å². The third-order valence-electron chi connectivity index (χ3n) is 4.06. The van der Waals surface area contributed by atoms with Gasteiger partial charge in [0.2, 0.25) is 5.88 Å². The van der Waals surface area contributed by atoms with E-state index in [0.717, 1.165) is 18.2 Å². The molecule has 0 atom stereocenters. The molecule has 2 aromatic heterocycles. The average molecular weight is 443 g/mol. The van der Waals surface area contributed by atoms with Crippen molar-refractivity contribution in [1.29, 1.82) is 0 Å². The number of aryl methyl sites for hydroxylation is 1. The molecule has 2 aromatic carbocycles. The van der Waals surface area contributed by atoms with Gasteiger partial charge >= 0.3 is 0 Å². The monoisotopic (exact) mass is 443 g/mol. The number of benzene rings is 2. The van der Waals surface area contributed by atoms with Crippen molar-refractivity contribution in [3.63, 3.8) is 0 Å². The van der Waals surface area contributed by atoms with Gasteiger partial charge in [-0.25, -0.2) is 26.9 Å². The number of sulfonamides is 1. The highest BCUT2D eigenvalue weighted by atomic mass is 32.2. The first-order valence-electron chi connectivity index (χ1n) is 8.92. The summed E-state index contributed by atoms with van der Waals surface area (Å²) in [5.41, 5.74) is 0.103. The van der Waals surface area contributed by atoms with Crippen LogP contribution < -0.4 is 9.46 Å². The van der Waals surface area contributed by atoms with Crippen molar-refractivity contribution in [2.24, 2.45) is 0 Å². The van der Waals surface area contributed by atoms with Gasteiger partial charge in [0.25, 0.3) is 10.0 Å². The van der Waals surface area contributed by atoms with Gasteiger partial charge in [-0.15, -0.1) is 0 Å². The summed E-state index contributed by atoms with van der Waals surface area (Å²) in [4.78, 5) is 7.45. The first kappa shape index (κ1) is 20.4. The molecule has 1 N–H and O–H groups in total. The molecule has 2 heterocycles. The predicted octanol–water partition coefficient (Wildman–Crippen LogP) is 3.84. The van der Waals surface area contributed by atoms with Crippen molar-refractivity contribution in [2.75, 3.05) is 4.72 Å². The Morgan fingerprint density at radius 2 is 1.71 bits per heavy atom. The van der Waals surface area contributed by atoms with E-state index in [0.29, 0.717) is 17.4 Å². The Kier molecular flexibility index (Phi) is 5.34. The number of nitrogens with one attached hydrogen (secondary N) is 1. The molecule has 8 nitrogen and oxygen atoms in total. The van der Waals surface area contributed by atoms with Gasteiger partial charge in [0.1, 0.15) is 23.2 Å². The lowest BCUT2D eigenvalue weighted by Gasteiger charge is -2.11. The van der Waals surface area contributed by atoms with Gasteiger partial charge in [-0.1, -0.05) is 6.07 Å². The van der Waals surface area contributed by atoms with Gasteiger partial charge in [0, 0.05) is 24.1 Å². The van der Waals surface area contributed by atoms with E-state index >= 15 is 0 Å². The fourth-order valence-corrected chi connectivity index (χ4v) is 3.95. The van der Waals surface area contributed by atoms with E-state index in [4.69, 9.17) is 4.74 Å². The number of halogens is 2. The molecule has 0 aliphatic rings. The van der Waals surface area contributed by atoms with E-state index in [1.807, 2.05) is 0 Å². The highest BCUT2D eigenvalue weighted by Crippen LogP contribution is 2.25. The Balaban J connectivity index is 1.53. The molecule has 0 saturated heterocycles. The number of nitrogens with zero attached hydrogens (tertiary/aromatic N) is 4. The quantitative estimate of drug-likeness (QED) is 0.486. The zero-order chi connectivity index (χ0) is 22.0. The van der Waals surface area contributed by atoms with Crippen LogP contribution in [0.25, 0.3) is 5.82 Å². The van der Waals surface area contributed by atoms with Gasteiger partial charge in [-0.2, -0.15) is 10.1 Å². The molecule has 0 bridgehead atoms. The van der Waals surface area contributed by atoms with Crippen LogP contribution in [-0.4, -0.2) is 28.2 Å². The number of hydrogen-bond acceptors (Lipinski definition) is 6. The van der Waals surface area contributed by atoms with Gasteiger partial charge in [0.15, 0.2) is 10.7 Å². The highest BCUT2D eigenvalue weighted by molar-refractivity contribution is 7.92. The summed E-state index contributed by atoms with van der Waals surface area (Å²) in [5, 5.41) is 4.11. The van der Waals surface area contributed by atoms with Gasteiger partial charge in [0.05, 0.1) is 0 Å². The molecule has 31 heavy (non-hydrogen) atoms. The second kappa shape index (κ2) is 8.11. The molecule has 4 aromatic rings. The SMILES string of the molecule is Cc1nc(Oc2ccc(NS(=O)(=O)c3c(F)cccc3F)cc2)cc(-n2cccn2)n1. The lowest BCUT2D eigenvalue weighted by Crippen LogP contribution is -2.16. The van der Waals surface area contributed by atoms with Crippen molar-refractivity contribution < 1.29 is 21.9 Å². The van der Waals surface area contributed by atoms with Crippen LogP contribution in [0.3, 0.4) is 0 Å². The minimum atomic E-state index is -4.45. The Morgan fingerprint density at radius 3 is 2.35 bits per heavy atom. The van der Waals surface area contributed by atoms with Crippen molar-refractivity contribution in [1.82, 2.24) is 19.7 Å². The van der Waals surface area contributed by atoms with E-state index in [1.54, 1.807) is 36.1 Å². The Hall–Kier alpha value is -3.86. The smallest absolute Gasteiger partial charge is 0.267 e. The van der Waals surface area contributed by atoms with E-state index < -0.39 is 26.6 Å². The molecule has 0 saturated carbocycles. The molecule has 158 valence electrons. The van der Waals surface area contributed by atoms with Crippen LogP contribution in [0, 0.1) is 18.6 Å². The third kappa shape index (κ3) is 4.51. The zero-order valence-electron chi connectivity index (χ0n) is 16.0. The van der Waals surface area contributed by atoms with Crippen molar-refractivity contribution in [3.8, 4) is 17.4 Å². The molecule has 0 unspecified atom stereocenters. The molecule has 4 rings (SSSR count). The maximum absolute atomic E-state index is 13.8. The normalized spacial score (nSPS) is 11.3. The van der Waals surface area contributed by atoms with Gasteiger partial charge < -0.3 is 4.74 Å². The number of rotatable bonds is 6. The van der Waals surface area contributed by atoms with Crippen LogP contribution in [0.1, 0.15) is 5.82 Å². The lowest BCUT2D eigenvalue weighted by atomic mass is 10.3. The van der Waals surface area contributed by atoms with Gasteiger partial charge in [-0.3, -0.25) is 4.72 Å². The maximum atomic E-state index is 13.8. The van der Waals surface area contributed by atoms with Crippen LogP contribution in [-0.2, 0) is 10.0 Å². The summed E-state index contributed by atoms with van der Waals surface area (Å²) in [7, 11) is -4.45. The summed E-state index contributed by atoms with van der Waals surface area (Å²) in [5.74, 6) is -0.744. The second-order valence-corrected chi connectivity index (χ2v) is 7.96. The van der Waals surface area contributed by atoms with Crippen LogP contribution >= 0.6 is 0 Å². The minimum absolute atomic E-state index is 0.103. The predicted molar refractivity (Wildman–Crippen MR) is 108 cm³/mol. The molecule has 0 aliphatic heterocycles. The minimum Gasteiger partial charge on any atom is -0.439 e. The Labute approximate surface area is 176 Å².